The number of sulfonamides is 1. The van der Waals surface area contributed by atoms with Gasteiger partial charge in [0.1, 0.15) is 5.75 Å². The Morgan fingerprint density at radius 2 is 1.63 bits per heavy atom. The molecule has 0 radical (unpaired) electrons. The average molecular weight is 418 g/mol. The Bertz CT molecular complexity index is 1460. The second kappa shape index (κ2) is 6.47. The molecule has 0 aromatic heterocycles. The Balaban J connectivity index is 1.68. The highest BCUT2D eigenvalue weighted by atomic mass is 32.2. The van der Waals surface area contributed by atoms with Gasteiger partial charge in [0.15, 0.2) is 0 Å². The van der Waals surface area contributed by atoms with Gasteiger partial charge in [0, 0.05) is 33.7 Å². The minimum absolute atomic E-state index is 0.0806. The third-order valence-corrected chi connectivity index (χ3v) is 6.92. The second-order valence-electron chi connectivity index (χ2n) is 7.14. The highest BCUT2D eigenvalue weighted by Gasteiger charge is 2.31. The van der Waals surface area contributed by atoms with Gasteiger partial charge < -0.3 is 10.0 Å². The van der Waals surface area contributed by atoms with E-state index in [2.05, 4.69) is 4.72 Å². The van der Waals surface area contributed by atoms with Gasteiger partial charge in [0.05, 0.1) is 16.3 Å². The second-order valence-corrected chi connectivity index (χ2v) is 8.79. The van der Waals surface area contributed by atoms with Gasteiger partial charge in [-0.15, -0.1) is 0 Å². The van der Waals surface area contributed by atoms with Crippen LogP contribution in [0.2, 0.25) is 0 Å². The number of carbonyl (C=O) groups excluding carboxylic acids is 1. The zero-order chi connectivity index (χ0) is 21.0. The molecule has 4 aromatic rings. The molecule has 0 unspecified atom stereocenters. The number of amides is 1. The summed E-state index contributed by atoms with van der Waals surface area (Å²) in [6.07, 6.45) is 0. The molecule has 0 bridgehead atoms. The Hall–Kier alpha value is -3.58. The molecular formula is C23H18N2O4S. The number of benzene rings is 4. The van der Waals surface area contributed by atoms with Crippen molar-refractivity contribution in [1.29, 1.82) is 0 Å². The molecule has 150 valence electrons. The number of anilines is 2. The summed E-state index contributed by atoms with van der Waals surface area (Å²) in [5, 5.41) is 12.4. The number of nitrogens with zero attached hydrogens (tertiary/aromatic N) is 1. The molecule has 2 N–H and O–H groups in total. The van der Waals surface area contributed by atoms with E-state index in [0.29, 0.717) is 39.3 Å². The first-order chi connectivity index (χ1) is 14.4. The number of phenols is 1. The van der Waals surface area contributed by atoms with E-state index in [9.17, 15) is 18.3 Å². The molecule has 0 aliphatic carbocycles. The fourth-order valence-corrected chi connectivity index (χ4v) is 5.42. The summed E-state index contributed by atoms with van der Waals surface area (Å²) >= 11 is 0. The van der Waals surface area contributed by atoms with Gasteiger partial charge in [-0.25, -0.2) is 8.42 Å². The minimum atomic E-state index is -3.95. The van der Waals surface area contributed by atoms with Crippen LogP contribution in [-0.4, -0.2) is 26.0 Å². The number of phenolic OH excluding ortho intramolecular Hbond substituents is 1. The number of hydrogen-bond acceptors (Lipinski definition) is 4. The van der Waals surface area contributed by atoms with E-state index in [1.165, 1.54) is 18.2 Å². The maximum Gasteiger partial charge on any atom is 0.262 e. The fraction of sp³-hybridized carbons (Fsp3) is 0.0870. The van der Waals surface area contributed by atoms with Crippen molar-refractivity contribution in [3.05, 3.63) is 72.3 Å². The molecule has 0 atom stereocenters. The van der Waals surface area contributed by atoms with Crippen LogP contribution in [0.4, 0.5) is 11.4 Å². The van der Waals surface area contributed by atoms with Crippen LogP contribution in [-0.2, 0) is 10.0 Å². The van der Waals surface area contributed by atoms with Crippen LogP contribution in [0.15, 0.2) is 71.6 Å². The lowest BCUT2D eigenvalue weighted by molar-refractivity contribution is 0.0994. The van der Waals surface area contributed by atoms with Crippen LogP contribution < -0.4 is 9.62 Å². The highest BCUT2D eigenvalue weighted by Crippen LogP contribution is 2.40. The smallest absolute Gasteiger partial charge is 0.262 e. The summed E-state index contributed by atoms with van der Waals surface area (Å²) in [6.45, 7) is 2.39. The predicted molar refractivity (Wildman–Crippen MR) is 118 cm³/mol. The van der Waals surface area contributed by atoms with Crippen molar-refractivity contribution in [3.8, 4) is 5.75 Å². The molecule has 1 aliphatic heterocycles. The summed E-state index contributed by atoms with van der Waals surface area (Å²) in [7, 11) is -3.95. The van der Waals surface area contributed by atoms with Crippen molar-refractivity contribution in [3.63, 3.8) is 0 Å². The van der Waals surface area contributed by atoms with Crippen LogP contribution in [0.5, 0.6) is 5.75 Å². The normalized spacial score (nSPS) is 13.4. The van der Waals surface area contributed by atoms with Gasteiger partial charge in [0.25, 0.3) is 15.9 Å². The van der Waals surface area contributed by atoms with Crippen LogP contribution in [0.1, 0.15) is 17.3 Å². The van der Waals surface area contributed by atoms with Gasteiger partial charge in [-0.3, -0.25) is 9.52 Å². The van der Waals surface area contributed by atoms with Crippen molar-refractivity contribution in [2.24, 2.45) is 0 Å². The van der Waals surface area contributed by atoms with Crippen molar-refractivity contribution in [1.82, 2.24) is 0 Å². The monoisotopic (exact) mass is 418 g/mol. The average Bonchev–Trinajstić information content (AvgIpc) is 3.03. The molecule has 4 aromatic carbocycles. The first-order valence-electron chi connectivity index (χ1n) is 9.53. The molecule has 1 amide bonds. The highest BCUT2D eigenvalue weighted by molar-refractivity contribution is 7.93. The van der Waals surface area contributed by atoms with Crippen molar-refractivity contribution >= 4 is 48.9 Å². The van der Waals surface area contributed by atoms with E-state index in [0.717, 1.165) is 5.69 Å². The molecule has 0 saturated heterocycles. The summed E-state index contributed by atoms with van der Waals surface area (Å²) in [4.78, 5) is 14.4. The largest absolute Gasteiger partial charge is 0.507 e. The summed E-state index contributed by atoms with van der Waals surface area (Å²) in [5.74, 6) is -0.0396. The third kappa shape index (κ3) is 2.55. The Morgan fingerprint density at radius 3 is 2.40 bits per heavy atom. The number of rotatable bonds is 4. The van der Waals surface area contributed by atoms with Crippen molar-refractivity contribution in [2.45, 2.75) is 11.8 Å². The van der Waals surface area contributed by atoms with Gasteiger partial charge in [0.2, 0.25) is 0 Å². The topological polar surface area (TPSA) is 86.7 Å². The van der Waals surface area contributed by atoms with Gasteiger partial charge in [-0.2, -0.15) is 0 Å². The SMILES string of the molecule is CCN1C(=O)c2cccc3c(S(=O)(=O)Nc4ccc(O)c5ccccc45)ccc1c23. The van der Waals surface area contributed by atoms with Crippen LogP contribution in [0, 0.1) is 0 Å². The molecule has 30 heavy (non-hydrogen) atoms. The summed E-state index contributed by atoms with van der Waals surface area (Å²) < 4.78 is 29.4. The lowest BCUT2D eigenvalue weighted by Crippen LogP contribution is -2.25. The van der Waals surface area contributed by atoms with Crippen LogP contribution in [0.3, 0.4) is 0 Å². The molecule has 6 nitrogen and oxygen atoms in total. The molecule has 1 aliphatic rings. The lowest BCUT2D eigenvalue weighted by Gasteiger charge is -2.16. The number of fused-ring (bicyclic) bond motifs is 1. The molecule has 0 fully saturated rings. The Kier molecular flexibility index (Phi) is 3.98. The van der Waals surface area contributed by atoms with Crippen molar-refractivity contribution in [2.75, 3.05) is 16.2 Å². The lowest BCUT2D eigenvalue weighted by atomic mass is 10.1. The van der Waals surface area contributed by atoms with E-state index in [-0.39, 0.29) is 16.6 Å². The maximum absolute atomic E-state index is 13.3. The first kappa shape index (κ1) is 18.4. The molecule has 7 heteroatoms. The molecule has 1 heterocycles. The number of nitrogens with one attached hydrogen (secondary N) is 1. The van der Waals surface area contributed by atoms with Gasteiger partial charge >= 0.3 is 0 Å². The zero-order valence-corrected chi connectivity index (χ0v) is 16.9. The maximum atomic E-state index is 13.3. The Labute approximate surface area is 173 Å². The molecule has 5 rings (SSSR count). The number of hydrogen-bond donors (Lipinski definition) is 2. The van der Waals surface area contributed by atoms with E-state index in [4.69, 9.17) is 0 Å². The van der Waals surface area contributed by atoms with E-state index in [1.54, 1.807) is 53.4 Å². The first-order valence-corrected chi connectivity index (χ1v) is 11.0. The summed E-state index contributed by atoms with van der Waals surface area (Å²) in [6, 6.07) is 18.4. The van der Waals surface area contributed by atoms with E-state index in [1.807, 2.05) is 6.92 Å². The van der Waals surface area contributed by atoms with Crippen LogP contribution in [0.25, 0.3) is 21.5 Å². The fourth-order valence-electron chi connectivity index (χ4n) is 4.14. The third-order valence-electron chi connectivity index (χ3n) is 5.50. The van der Waals surface area contributed by atoms with Crippen molar-refractivity contribution < 1.29 is 18.3 Å². The molecule has 0 spiro atoms. The number of carbonyl (C=O) groups is 1. The van der Waals surface area contributed by atoms with Gasteiger partial charge in [-0.05, 0) is 37.3 Å². The van der Waals surface area contributed by atoms with E-state index < -0.39 is 10.0 Å². The minimum Gasteiger partial charge on any atom is -0.507 e. The zero-order valence-electron chi connectivity index (χ0n) is 16.1. The quantitative estimate of drug-likeness (QED) is 0.479. The predicted octanol–water partition coefficient (Wildman–Crippen LogP) is 4.48. The number of aromatic hydroxyl groups is 1. The molecule has 0 saturated carbocycles. The summed E-state index contributed by atoms with van der Waals surface area (Å²) in [5.41, 5.74) is 1.61. The molecular weight excluding hydrogens is 400 g/mol. The standard InChI is InChI=1S/C23H18N2O4S/c1-2-25-19-11-13-21(16-8-5-9-17(22(16)19)23(25)27)30(28,29)24-18-10-12-20(26)15-7-4-3-6-14(15)18/h3-13,24,26H,2H2,1H3. The van der Waals surface area contributed by atoms with Crippen LogP contribution >= 0.6 is 0 Å². The Morgan fingerprint density at radius 1 is 0.900 bits per heavy atom. The van der Waals surface area contributed by atoms with Gasteiger partial charge in [-0.1, -0.05) is 36.4 Å². The van der Waals surface area contributed by atoms with E-state index >= 15 is 0 Å².